The number of hydrogen-bond donors (Lipinski definition) is 1. The van der Waals surface area contributed by atoms with Gasteiger partial charge >= 0.3 is 0 Å². The first kappa shape index (κ1) is 12.5. The second-order valence-corrected chi connectivity index (χ2v) is 4.44. The van der Waals surface area contributed by atoms with Crippen LogP contribution in [0, 0.1) is 0 Å². The van der Waals surface area contributed by atoms with Crippen LogP contribution >= 0.6 is 11.6 Å². The Kier molecular flexibility index (Phi) is 3.76. The van der Waals surface area contributed by atoms with E-state index in [0.29, 0.717) is 5.02 Å². The summed E-state index contributed by atoms with van der Waals surface area (Å²) >= 11 is 6.10. The molecule has 0 saturated heterocycles. The molecule has 86 valence electrons. The van der Waals surface area contributed by atoms with Gasteiger partial charge in [0.2, 0.25) is 0 Å². The SMILES string of the molecule is CNC(c1c(Cl)cnn1C)C(C)(C)OC. The average molecular weight is 232 g/mol. The molecule has 1 N–H and O–H groups in total. The average Bonchev–Trinajstić information content (AvgIpc) is 2.50. The molecule has 0 aliphatic rings. The Labute approximate surface area is 95.6 Å². The molecule has 0 aliphatic heterocycles. The van der Waals surface area contributed by atoms with E-state index in [4.69, 9.17) is 16.3 Å². The Hall–Kier alpha value is -0.580. The summed E-state index contributed by atoms with van der Waals surface area (Å²) in [7, 11) is 5.45. The summed E-state index contributed by atoms with van der Waals surface area (Å²) in [6.45, 7) is 4.02. The van der Waals surface area contributed by atoms with Crippen LogP contribution in [-0.2, 0) is 11.8 Å². The fourth-order valence-electron chi connectivity index (χ4n) is 1.68. The summed E-state index contributed by atoms with van der Waals surface area (Å²) in [4.78, 5) is 0. The fraction of sp³-hybridized carbons (Fsp3) is 0.700. The van der Waals surface area contributed by atoms with Gasteiger partial charge in [0.1, 0.15) is 0 Å². The molecule has 4 nitrogen and oxygen atoms in total. The van der Waals surface area contributed by atoms with Crippen LogP contribution in [0.4, 0.5) is 0 Å². The Morgan fingerprint density at radius 3 is 2.53 bits per heavy atom. The molecule has 0 bridgehead atoms. The van der Waals surface area contributed by atoms with Crippen LogP contribution in [0.15, 0.2) is 6.20 Å². The van der Waals surface area contributed by atoms with Gasteiger partial charge in [-0.05, 0) is 20.9 Å². The normalized spacial score (nSPS) is 14.3. The summed E-state index contributed by atoms with van der Waals surface area (Å²) in [5.74, 6) is 0. The first-order valence-corrected chi connectivity index (χ1v) is 5.21. The predicted molar refractivity (Wildman–Crippen MR) is 61.1 cm³/mol. The number of methoxy groups -OCH3 is 1. The molecular formula is C10H18ClN3O. The van der Waals surface area contributed by atoms with Gasteiger partial charge in [0, 0.05) is 14.2 Å². The molecular weight excluding hydrogens is 214 g/mol. The largest absolute Gasteiger partial charge is 0.377 e. The van der Waals surface area contributed by atoms with Crippen LogP contribution in [-0.4, -0.2) is 29.5 Å². The monoisotopic (exact) mass is 231 g/mol. The maximum absolute atomic E-state index is 6.10. The van der Waals surface area contributed by atoms with E-state index < -0.39 is 0 Å². The Balaban J connectivity index is 3.13. The molecule has 1 heterocycles. The summed E-state index contributed by atoms with van der Waals surface area (Å²) in [6.07, 6.45) is 1.65. The van der Waals surface area contributed by atoms with Gasteiger partial charge in [-0.3, -0.25) is 4.68 Å². The minimum atomic E-state index is -0.341. The molecule has 1 rings (SSSR count). The number of nitrogens with one attached hydrogen (secondary N) is 1. The molecule has 1 atom stereocenters. The standard InChI is InChI=1S/C10H18ClN3O/c1-10(2,15-5)9(12-3)8-7(11)6-13-14(8)4/h6,9,12H,1-5H3. The number of halogens is 1. The number of ether oxygens (including phenoxy) is 1. The third kappa shape index (κ3) is 2.33. The van der Waals surface area contributed by atoms with E-state index in [9.17, 15) is 0 Å². The van der Waals surface area contributed by atoms with Crippen molar-refractivity contribution in [1.82, 2.24) is 15.1 Å². The van der Waals surface area contributed by atoms with E-state index in [2.05, 4.69) is 10.4 Å². The minimum absolute atomic E-state index is 0.00231. The highest BCUT2D eigenvalue weighted by Crippen LogP contribution is 2.31. The lowest BCUT2D eigenvalue weighted by molar-refractivity contribution is -0.0111. The molecule has 0 spiro atoms. The van der Waals surface area contributed by atoms with Crippen molar-refractivity contribution >= 4 is 11.6 Å². The molecule has 1 unspecified atom stereocenters. The number of rotatable bonds is 4. The van der Waals surface area contributed by atoms with Gasteiger partial charge in [-0.25, -0.2) is 0 Å². The highest BCUT2D eigenvalue weighted by Gasteiger charge is 2.33. The van der Waals surface area contributed by atoms with Crippen molar-refractivity contribution in [2.24, 2.45) is 7.05 Å². The first-order valence-electron chi connectivity index (χ1n) is 4.84. The number of hydrogen-bond acceptors (Lipinski definition) is 3. The smallest absolute Gasteiger partial charge is 0.0835 e. The molecule has 1 aromatic heterocycles. The van der Waals surface area contributed by atoms with Crippen molar-refractivity contribution in [2.75, 3.05) is 14.2 Å². The lowest BCUT2D eigenvalue weighted by atomic mass is 9.95. The van der Waals surface area contributed by atoms with Gasteiger partial charge in [-0.15, -0.1) is 0 Å². The molecule has 0 radical (unpaired) electrons. The van der Waals surface area contributed by atoms with Crippen LogP contribution in [0.3, 0.4) is 0 Å². The van der Waals surface area contributed by atoms with Crippen molar-refractivity contribution in [2.45, 2.75) is 25.5 Å². The number of aryl methyl sites for hydroxylation is 1. The van der Waals surface area contributed by atoms with Crippen LogP contribution < -0.4 is 5.32 Å². The van der Waals surface area contributed by atoms with Gasteiger partial charge in [0.25, 0.3) is 0 Å². The van der Waals surface area contributed by atoms with Crippen molar-refractivity contribution in [3.05, 3.63) is 16.9 Å². The summed E-state index contributed by atoms with van der Waals surface area (Å²) in [5.41, 5.74) is 0.595. The van der Waals surface area contributed by atoms with Gasteiger partial charge in [-0.1, -0.05) is 11.6 Å². The topological polar surface area (TPSA) is 39.1 Å². The summed E-state index contributed by atoms with van der Waals surface area (Å²) in [6, 6.07) is 0.00231. The second kappa shape index (κ2) is 4.51. The van der Waals surface area contributed by atoms with Crippen LogP contribution in [0.2, 0.25) is 5.02 Å². The lowest BCUT2D eigenvalue weighted by Gasteiger charge is -2.33. The summed E-state index contributed by atoms with van der Waals surface area (Å²) < 4.78 is 7.23. The second-order valence-electron chi connectivity index (χ2n) is 4.03. The zero-order valence-electron chi connectivity index (χ0n) is 9.84. The fourth-order valence-corrected chi connectivity index (χ4v) is 1.95. The molecule has 5 heteroatoms. The zero-order valence-corrected chi connectivity index (χ0v) is 10.6. The van der Waals surface area contributed by atoms with Gasteiger partial charge in [-0.2, -0.15) is 5.10 Å². The quantitative estimate of drug-likeness (QED) is 0.859. The van der Waals surface area contributed by atoms with Crippen molar-refractivity contribution in [3.63, 3.8) is 0 Å². The predicted octanol–water partition coefficient (Wildman–Crippen LogP) is 1.76. The molecule has 0 amide bonds. The van der Waals surface area contributed by atoms with Crippen molar-refractivity contribution in [1.29, 1.82) is 0 Å². The van der Waals surface area contributed by atoms with Crippen LogP contribution in [0.25, 0.3) is 0 Å². The highest BCUT2D eigenvalue weighted by molar-refractivity contribution is 6.31. The minimum Gasteiger partial charge on any atom is -0.377 e. The molecule has 0 aliphatic carbocycles. The van der Waals surface area contributed by atoms with E-state index in [0.717, 1.165) is 5.69 Å². The Bertz CT molecular complexity index is 316. The van der Waals surface area contributed by atoms with E-state index in [-0.39, 0.29) is 11.6 Å². The van der Waals surface area contributed by atoms with Crippen LogP contribution in [0.1, 0.15) is 25.6 Å². The Morgan fingerprint density at radius 1 is 1.60 bits per heavy atom. The third-order valence-electron chi connectivity index (χ3n) is 2.72. The van der Waals surface area contributed by atoms with E-state index in [1.165, 1.54) is 0 Å². The molecule has 0 fully saturated rings. The Morgan fingerprint density at radius 2 is 2.20 bits per heavy atom. The summed E-state index contributed by atoms with van der Waals surface area (Å²) in [5, 5.41) is 7.98. The molecule has 0 saturated carbocycles. The maximum Gasteiger partial charge on any atom is 0.0835 e. The molecule has 0 aromatic carbocycles. The van der Waals surface area contributed by atoms with E-state index >= 15 is 0 Å². The number of aromatic nitrogens is 2. The lowest BCUT2D eigenvalue weighted by Crippen LogP contribution is -2.40. The number of likely N-dealkylation sites (N-methyl/N-ethyl adjacent to an activating group) is 1. The van der Waals surface area contributed by atoms with Gasteiger partial charge < -0.3 is 10.1 Å². The maximum atomic E-state index is 6.10. The molecule has 15 heavy (non-hydrogen) atoms. The number of nitrogens with zero attached hydrogens (tertiary/aromatic N) is 2. The van der Waals surface area contributed by atoms with Crippen molar-refractivity contribution in [3.8, 4) is 0 Å². The van der Waals surface area contributed by atoms with E-state index in [1.54, 1.807) is 18.0 Å². The highest BCUT2D eigenvalue weighted by atomic mass is 35.5. The zero-order chi connectivity index (χ0) is 11.6. The molecule has 1 aromatic rings. The van der Waals surface area contributed by atoms with E-state index in [1.807, 2.05) is 27.9 Å². The van der Waals surface area contributed by atoms with Crippen molar-refractivity contribution < 1.29 is 4.74 Å². The third-order valence-corrected chi connectivity index (χ3v) is 3.01. The van der Waals surface area contributed by atoms with Crippen LogP contribution in [0.5, 0.6) is 0 Å². The van der Waals surface area contributed by atoms with Gasteiger partial charge in [0.15, 0.2) is 0 Å². The first-order chi connectivity index (χ1) is 6.94. The van der Waals surface area contributed by atoms with Gasteiger partial charge in [0.05, 0.1) is 28.6 Å².